The minimum absolute atomic E-state index is 0.151. The van der Waals surface area contributed by atoms with E-state index in [1.54, 1.807) is 18.2 Å². The maximum absolute atomic E-state index is 11.0. The summed E-state index contributed by atoms with van der Waals surface area (Å²) in [7, 11) is 0. The Bertz CT molecular complexity index is 798. The van der Waals surface area contributed by atoms with Crippen LogP contribution < -0.4 is 14.8 Å². The standard InChI is InChI=1S/C19H18BrNO4/c1-3-8-25-18-16(20)9-13(10-17(18)24-4-2)12-21-15-7-5-6-14(11-15)19(22)23/h1,5-7,9-11,21H,4,8,12H2,2H3,(H,22,23). The normalized spacial score (nSPS) is 9.96. The summed E-state index contributed by atoms with van der Waals surface area (Å²) >= 11 is 3.48. The molecule has 0 aromatic heterocycles. The molecular formula is C19H18BrNO4. The minimum atomic E-state index is -0.958. The first-order valence-corrected chi connectivity index (χ1v) is 8.43. The van der Waals surface area contributed by atoms with E-state index in [1.807, 2.05) is 25.1 Å². The van der Waals surface area contributed by atoms with Crippen molar-refractivity contribution in [2.24, 2.45) is 0 Å². The second-order valence-electron chi connectivity index (χ2n) is 5.07. The van der Waals surface area contributed by atoms with Crippen LogP contribution in [0.1, 0.15) is 22.8 Å². The van der Waals surface area contributed by atoms with Gasteiger partial charge in [-0.2, -0.15) is 0 Å². The monoisotopic (exact) mass is 403 g/mol. The van der Waals surface area contributed by atoms with E-state index in [-0.39, 0.29) is 12.2 Å². The molecule has 0 aliphatic heterocycles. The molecule has 0 heterocycles. The van der Waals surface area contributed by atoms with E-state index >= 15 is 0 Å². The van der Waals surface area contributed by atoms with Crippen LogP contribution in [0.3, 0.4) is 0 Å². The Morgan fingerprint density at radius 1 is 1.32 bits per heavy atom. The van der Waals surface area contributed by atoms with Crippen LogP contribution in [0.4, 0.5) is 5.69 Å². The summed E-state index contributed by atoms with van der Waals surface area (Å²) in [5, 5.41) is 12.3. The fraction of sp³-hybridized carbons (Fsp3) is 0.211. The summed E-state index contributed by atoms with van der Waals surface area (Å²) in [6, 6.07) is 10.4. The average molecular weight is 404 g/mol. The summed E-state index contributed by atoms with van der Waals surface area (Å²) < 4.78 is 11.9. The van der Waals surface area contributed by atoms with Crippen LogP contribution in [0.25, 0.3) is 0 Å². The zero-order valence-corrected chi connectivity index (χ0v) is 15.3. The lowest BCUT2D eigenvalue weighted by atomic mass is 10.1. The van der Waals surface area contributed by atoms with Gasteiger partial charge in [0, 0.05) is 12.2 Å². The molecule has 25 heavy (non-hydrogen) atoms. The van der Waals surface area contributed by atoms with Crippen molar-refractivity contribution in [3.8, 4) is 23.8 Å². The number of terminal acetylenes is 1. The third-order valence-electron chi connectivity index (χ3n) is 3.28. The summed E-state index contributed by atoms with van der Waals surface area (Å²) in [5.74, 6) is 2.64. The van der Waals surface area contributed by atoms with Gasteiger partial charge in [-0.15, -0.1) is 6.42 Å². The molecule has 0 amide bonds. The molecule has 2 N–H and O–H groups in total. The largest absolute Gasteiger partial charge is 0.490 e. The number of hydrogen-bond donors (Lipinski definition) is 2. The van der Waals surface area contributed by atoms with Gasteiger partial charge in [0.1, 0.15) is 6.61 Å². The molecule has 130 valence electrons. The molecule has 0 radical (unpaired) electrons. The smallest absolute Gasteiger partial charge is 0.335 e. The summed E-state index contributed by atoms with van der Waals surface area (Å²) in [5.41, 5.74) is 1.91. The topological polar surface area (TPSA) is 67.8 Å². The molecule has 0 fully saturated rings. The average Bonchev–Trinajstić information content (AvgIpc) is 2.60. The van der Waals surface area contributed by atoms with Crippen LogP contribution in [0.15, 0.2) is 40.9 Å². The van der Waals surface area contributed by atoms with Crippen LogP contribution in [-0.4, -0.2) is 24.3 Å². The van der Waals surface area contributed by atoms with Crippen LogP contribution in [0.5, 0.6) is 11.5 Å². The fourth-order valence-electron chi connectivity index (χ4n) is 2.21. The first-order chi connectivity index (χ1) is 12.0. The van der Waals surface area contributed by atoms with Crippen molar-refractivity contribution in [1.29, 1.82) is 0 Å². The molecule has 0 spiro atoms. The molecule has 5 nitrogen and oxygen atoms in total. The van der Waals surface area contributed by atoms with E-state index in [2.05, 4.69) is 27.2 Å². The Labute approximate surface area is 155 Å². The summed E-state index contributed by atoms with van der Waals surface area (Å²) in [6.07, 6.45) is 5.24. The minimum Gasteiger partial charge on any atom is -0.490 e. The number of halogens is 1. The number of hydrogen-bond acceptors (Lipinski definition) is 4. The lowest BCUT2D eigenvalue weighted by Gasteiger charge is -2.15. The molecule has 0 bridgehead atoms. The molecular weight excluding hydrogens is 386 g/mol. The predicted molar refractivity (Wildman–Crippen MR) is 100 cm³/mol. The Balaban J connectivity index is 2.18. The van der Waals surface area contributed by atoms with Gasteiger partial charge in [-0.1, -0.05) is 12.0 Å². The lowest BCUT2D eigenvalue weighted by molar-refractivity contribution is 0.0697. The Kier molecular flexibility index (Phi) is 6.72. The molecule has 0 aliphatic carbocycles. The number of nitrogens with one attached hydrogen (secondary N) is 1. The highest BCUT2D eigenvalue weighted by molar-refractivity contribution is 9.10. The third-order valence-corrected chi connectivity index (χ3v) is 3.86. The van der Waals surface area contributed by atoms with Crippen molar-refractivity contribution in [2.75, 3.05) is 18.5 Å². The van der Waals surface area contributed by atoms with E-state index < -0.39 is 5.97 Å². The maximum Gasteiger partial charge on any atom is 0.335 e. The van der Waals surface area contributed by atoms with Gasteiger partial charge in [-0.25, -0.2) is 4.79 Å². The molecule has 2 aromatic carbocycles. The molecule has 0 atom stereocenters. The number of anilines is 1. The van der Waals surface area contributed by atoms with Crippen molar-refractivity contribution in [3.05, 3.63) is 52.0 Å². The Morgan fingerprint density at radius 3 is 2.80 bits per heavy atom. The molecule has 0 saturated carbocycles. The van der Waals surface area contributed by atoms with Crippen molar-refractivity contribution in [3.63, 3.8) is 0 Å². The second kappa shape index (κ2) is 9.00. The second-order valence-corrected chi connectivity index (χ2v) is 5.92. The number of carboxylic acid groups (broad SMARTS) is 1. The van der Waals surface area contributed by atoms with Gasteiger partial charge in [0.2, 0.25) is 0 Å². The summed E-state index contributed by atoms with van der Waals surface area (Å²) in [4.78, 5) is 11.0. The number of ether oxygens (including phenoxy) is 2. The van der Waals surface area contributed by atoms with Crippen molar-refractivity contribution in [1.82, 2.24) is 0 Å². The van der Waals surface area contributed by atoms with E-state index in [4.69, 9.17) is 21.0 Å². The maximum atomic E-state index is 11.0. The zero-order chi connectivity index (χ0) is 18.2. The fourth-order valence-corrected chi connectivity index (χ4v) is 2.81. The number of aromatic carboxylic acids is 1. The summed E-state index contributed by atoms with van der Waals surface area (Å²) in [6.45, 7) is 3.03. The number of carbonyl (C=O) groups is 1. The van der Waals surface area contributed by atoms with Gasteiger partial charge >= 0.3 is 5.97 Å². The van der Waals surface area contributed by atoms with E-state index in [1.165, 1.54) is 0 Å². The third kappa shape index (κ3) is 5.16. The van der Waals surface area contributed by atoms with Crippen LogP contribution in [0, 0.1) is 12.3 Å². The van der Waals surface area contributed by atoms with Crippen molar-refractivity contribution < 1.29 is 19.4 Å². The zero-order valence-electron chi connectivity index (χ0n) is 13.7. The molecule has 2 rings (SSSR count). The lowest BCUT2D eigenvalue weighted by Crippen LogP contribution is -2.04. The first-order valence-electron chi connectivity index (χ1n) is 7.63. The van der Waals surface area contributed by atoms with Gasteiger partial charge < -0.3 is 19.9 Å². The van der Waals surface area contributed by atoms with Gasteiger partial charge in [0.05, 0.1) is 16.6 Å². The van der Waals surface area contributed by atoms with Crippen LogP contribution >= 0.6 is 15.9 Å². The van der Waals surface area contributed by atoms with Crippen molar-refractivity contribution in [2.45, 2.75) is 13.5 Å². The highest BCUT2D eigenvalue weighted by Gasteiger charge is 2.12. The molecule has 0 saturated heterocycles. The van der Waals surface area contributed by atoms with Crippen LogP contribution in [0.2, 0.25) is 0 Å². The highest BCUT2D eigenvalue weighted by Crippen LogP contribution is 2.37. The number of carboxylic acids is 1. The van der Waals surface area contributed by atoms with Crippen LogP contribution in [-0.2, 0) is 6.54 Å². The number of rotatable bonds is 8. The van der Waals surface area contributed by atoms with E-state index in [9.17, 15) is 4.79 Å². The molecule has 6 heteroatoms. The molecule has 0 aliphatic rings. The SMILES string of the molecule is C#CCOc1c(Br)cc(CNc2cccc(C(=O)O)c2)cc1OCC. The van der Waals surface area contributed by atoms with E-state index in [0.717, 1.165) is 15.7 Å². The number of benzene rings is 2. The van der Waals surface area contributed by atoms with Crippen molar-refractivity contribution >= 4 is 27.6 Å². The Morgan fingerprint density at radius 2 is 2.12 bits per heavy atom. The first kappa shape index (κ1) is 18.7. The molecule has 2 aromatic rings. The highest BCUT2D eigenvalue weighted by atomic mass is 79.9. The van der Waals surface area contributed by atoms with Gasteiger partial charge in [0.15, 0.2) is 11.5 Å². The molecule has 0 unspecified atom stereocenters. The van der Waals surface area contributed by atoms with Gasteiger partial charge in [0.25, 0.3) is 0 Å². The Hall–Kier alpha value is -2.65. The van der Waals surface area contributed by atoms with Gasteiger partial charge in [-0.05, 0) is 58.7 Å². The van der Waals surface area contributed by atoms with Gasteiger partial charge in [-0.3, -0.25) is 0 Å². The predicted octanol–water partition coefficient (Wildman–Crippen LogP) is 4.17. The van der Waals surface area contributed by atoms with E-state index in [0.29, 0.717) is 24.7 Å². The quantitative estimate of drug-likeness (QED) is 0.647.